The minimum absolute atomic E-state index is 0.0413. The number of pyridine rings is 1. The minimum Gasteiger partial charge on any atom is -0.344 e. The van der Waals surface area contributed by atoms with Crippen molar-refractivity contribution in [2.24, 2.45) is 5.92 Å². The number of halogens is 1. The summed E-state index contributed by atoms with van der Waals surface area (Å²) in [4.78, 5) is 61.5. The molecule has 2 saturated heterocycles. The maximum absolute atomic E-state index is 15.8. The van der Waals surface area contributed by atoms with Gasteiger partial charge in [0.05, 0.1) is 16.0 Å². The van der Waals surface area contributed by atoms with Crippen molar-refractivity contribution in [3.63, 3.8) is 0 Å². The summed E-state index contributed by atoms with van der Waals surface area (Å²) >= 11 is 2.88. The highest BCUT2D eigenvalue weighted by atomic mass is 32.2. The van der Waals surface area contributed by atoms with E-state index in [0.717, 1.165) is 55.3 Å². The number of benzene rings is 1. The fourth-order valence-electron chi connectivity index (χ4n) is 6.98. The van der Waals surface area contributed by atoms with Crippen molar-refractivity contribution in [2.45, 2.75) is 74.5 Å². The van der Waals surface area contributed by atoms with Crippen molar-refractivity contribution in [3.8, 4) is 0 Å². The smallest absolute Gasteiger partial charge is 0.253 e. The fraction of sp³-hybridized carbons (Fsp3) is 0.514. The Morgan fingerprint density at radius 2 is 1.83 bits per heavy atom. The lowest BCUT2D eigenvalue weighted by molar-refractivity contribution is -0.138. The van der Waals surface area contributed by atoms with Gasteiger partial charge < -0.3 is 25.8 Å². The van der Waals surface area contributed by atoms with Gasteiger partial charge in [-0.25, -0.2) is 4.39 Å². The number of hydrogen-bond donors (Lipinski definition) is 3. The van der Waals surface area contributed by atoms with Crippen molar-refractivity contribution in [3.05, 3.63) is 59.0 Å². The van der Waals surface area contributed by atoms with E-state index in [2.05, 4.69) is 25.8 Å². The van der Waals surface area contributed by atoms with Gasteiger partial charge in [-0.15, -0.1) is 23.1 Å². The van der Waals surface area contributed by atoms with E-state index in [1.807, 2.05) is 18.5 Å². The van der Waals surface area contributed by atoms with Crippen LogP contribution in [0.2, 0.25) is 0 Å². The highest BCUT2D eigenvalue weighted by Gasteiger charge is 2.66. The normalized spacial score (nSPS) is 22.9. The highest BCUT2D eigenvalue weighted by Crippen LogP contribution is 2.60. The Morgan fingerprint density at radius 1 is 1.08 bits per heavy atom. The van der Waals surface area contributed by atoms with Gasteiger partial charge in [0.1, 0.15) is 22.0 Å². The molecule has 0 spiro atoms. The molecule has 256 valence electrons. The third-order valence-corrected chi connectivity index (χ3v) is 12.6. The lowest BCUT2D eigenvalue weighted by Gasteiger charge is -2.36. The van der Waals surface area contributed by atoms with Gasteiger partial charge in [-0.2, -0.15) is 0 Å². The molecule has 0 radical (unpaired) electrons. The van der Waals surface area contributed by atoms with Crippen molar-refractivity contribution in [1.29, 1.82) is 0 Å². The average Bonchev–Trinajstić information content (AvgIpc) is 3.66. The lowest BCUT2D eigenvalue weighted by atomic mass is 9.79. The maximum atomic E-state index is 15.8. The molecular formula is C35H43FN6O4S2. The number of carbonyl (C=O) groups is 4. The Morgan fingerprint density at radius 3 is 2.54 bits per heavy atom. The van der Waals surface area contributed by atoms with Gasteiger partial charge >= 0.3 is 0 Å². The first kappa shape index (κ1) is 34.3. The number of aromatic nitrogens is 1. The van der Waals surface area contributed by atoms with E-state index < -0.39 is 27.9 Å². The zero-order valence-electron chi connectivity index (χ0n) is 27.6. The van der Waals surface area contributed by atoms with Crippen molar-refractivity contribution in [2.75, 3.05) is 38.5 Å². The molecular weight excluding hydrogens is 652 g/mol. The van der Waals surface area contributed by atoms with Gasteiger partial charge in [0.15, 0.2) is 0 Å². The summed E-state index contributed by atoms with van der Waals surface area (Å²) in [5, 5.41) is 11.0. The average molecular weight is 695 g/mol. The second kappa shape index (κ2) is 14.5. The number of carbonyl (C=O) groups excluding carboxylic acids is 4. The van der Waals surface area contributed by atoms with Crippen LogP contribution < -0.4 is 16.0 Å². The predicted octanol–water partition coefficient (Wildman–Crippen LogP) is 4.97. The van der Waals surface area contributed by atoms with Crippen molar-refractivity contribution in [1.82, 2.24) is 25.4 Å². The molecule has 3 aromatic rings. The number of amides is 4. The van der Waals surface area contributed by atoms with Gasteiger partial charge in [0, 0.05) is 61.7 Å². The molecule has 4 heterocycles. The quantitative estimate of drug-likeness (QED) is 0.256. The second-order valence-corrected chi connectivity index (χ2v) is 15.4. The van der Waals surface area contributed by atoms with Gasteiger partial charge in [0.25, 0.3) is 5.91 Å². The van der Waals surface area contributed by atoms with E-state index in [1.54, 1.807) is 37.2 Å². The summed E-state index contributed by atoms with van der Waals surface area (Å²) < 4.78 is 15.8. The first-order valence-corrected chi connectivity index (χ1v) is 18.6. The minimum atomic E-state index is -0.897. The zero-order valence-corrected chi connectivity index (χ0v) is 29.2. The third-order valence-electron chi connectivity index (χ3n) is 10.1. The maximum Gasteiger partial charge on any atom is 0.253 e. The summed E-state index contributed by atoms with van der Waals surface area (Å²) in [6.45, 7) is 6.13. The molecule has 1 saturated carbocycles. The number of fused-ring (bicyclic) bond motifs is 1. The fourth-order valence-corrected chi connectivity index (χ4v) is 9.32. The van der Waals surface area contributed by atoms with Crippen LogP contribution in [0, 0.1) is 11.7 Å². The van der Waals surface area contributed by atoms with Crippen LogP contribution in [-0.4, -0.2) is 87.8 Å². The number of piperazine rings is 1. The molecule has 4 atom stereocenters. The van der Waals surface area contributed by atoms with Crippen LogP contribution in [0.5, 0.6) is 0 Å². The van der Waals surface area contributed by atoms with Crippen LogP contribution in [0.1, 0.15) is 74.2 Å². The molecule has 0 bridgehead atoms. The van der Waals surface area contributed by atoms with E-state index >= 15 is 4.39 Å². The summed E-state index contributed by atoms with van der Waals surface area (Å²) in [6, 6.07) is 5.54. The first-order valence-electron chi connectivity index (χ1n) is 16.8. The Bertz CT molecular complexity index is 1690. The summed E-state index contributed by atoms with van der Waals surface area (Å²) in [7, 11) is 2.00. The number of hydrogen-bond acceptors (Lipinski definition) is 8. The van der Waals surface area contributed by atoms with E-state index in [4.69, 9.17) is 0 Å². The Kier molecular flexibility index (Phi) is 10.4. The number of thiophene rings is 1. The Labute approximate surface area is 288 Å². The number of anilines is 1. The van der Waals surface area contributed by atoms with Crippen molar-refractivity contribution >= 4 is 62.5 Å². The second-order valence-electron chi connectivity index (χ2n) is 13.1. The van der Waals surface area contributed by atoms with Gasteiger partial charge in [-0.05, 0) is 49.6 Å². The molecule has 48 heavy (non-hydrogen) atoms. The van der Waals surface area contributed by atoms with Gasteiger partial charge in [-0.1, -0.05) is 39.2 Å². The lowest BCUT2D eigenvalue weighted by Crippen LogP contribution is -2.55. The number of rotatable bonds is 10. The largest absolute Gasteiger partial charge is 0.344 e. The standard InChI is InChI=1S/C35H43FN6O4S2/c1-4-29(43)39-30(32(45)42-16-14-41(3)15-17-42)21(2)22-10-11-27(26(36)18-22)38-33(46)35(23-8-6-5-7-9-23)34(48-35)40-31(44)25-20-47-28-19-37-13-12-24(25)28/h10-13,18-21,23,30,34H,4-9,14-17H2,1-3H3,(H,38,46)(H,39,43)(H,40,44)/t21-,30+,34?,35-/m0/s1. The molecule has 4 amide bonds. The Hall–Kier alpha value is -3.55. The number of nitrogens with one attached hydrogen (secondary N) is 3. The monoisotopic (exact) mass is 694 g/mol. The highest BCUT2D eigenvalue weighted by molar-refractivity contribution is 8.09. The topological polar surface area (TPSA) is 124 Å². The van der Waals surface area contributed by atoms with Gasteiger partial charge in [-0.3, -0.25) is 24.2 Å². The van der Waals surface area contributed by atoms with E-state index in [0.29, 0.717) is 24.2 Å². The third kappa shape index (κ3) is 6.95. The van der Waals surface area contributed by atoms with Crippen LogP contribution >= 0.6 is 23.1 Å². The molecule has 2 aliphatic heterocycles. The van der Waals surface area contributed by atoms with Crippen LogP contribution in [0.15, 0.2) is 42.0 Å². The molecule has 10 nitrogen and oxygen atoms in total. The number of nitrogens with zero attached hydrogens (tertiary/aromatic N) is 3. The number of likely N-dealkylation sites (N-methyl/N-ethyl adjacent to an activating group) is 1. The Balaban J connectivity index is 1.18. The van der Waals surface area contributed by atoms with Crippen LogP contribution in [0.25, 0.3) is 10.1 Å². The molecule has 13 heteroatoms. The van der Waals surface area contributed by atoms with Crippen LogP contribution in [-0.2, 0) is 14.4 Å². The summed E-state index contributed by atoms with van der Waals surface area (Å²) in [5.41, 5.74) is 1.14. The van der Waals surface area contributed by atoms with Crippen LogP contribution in [0.4, 0.5) is 10.1 Å². The van der Waals surface area contributed by atoms with E-state index in [9.17, 15) is 19.2 Å². The first-order chi connectivity index (χ1) is 23.1. The van der Waals surface area contributed by atoms with Gasteiger partial charge in [0.2, 0.25) is 17.7 Å². The summed E-state index contributed by atoms with van der Waals surface area (Å²) in [6.07, 6.45) is 8.47. The summed E-state index contributed by atoms with van der Waals surface area (Å²) in [5.74, 6) is -2.07. The van der Waals surface area contributed by atoms with E-state index in [-0.39, 0.29) is 41.7 Å². The molecule has 3 N–H and O–H groups in total. The molecule has 3 aliphatic rings. The van der Waals surface area contributed by atoms with E-state index in [1.165, 1.54) is 35.2 Å². The predicted molar refractivity (Wildman–Crippen MR) is 188 cm³/mol. The molecule has 2 aromatic heterocycles. The molecule has 6 rings (SSSR count). The SMILES string of the molecule is CCC(=O)N[C@@H](C(=O)N1CCN(C)CC1)[C@@H](C)c1ccc(NC(=O)[C@]2(C3CCCCC3)SC2NC(=O)c2csc3cnccc23)c(F)c1. The molecule has 3 fully saturated rings. The number of thioether (sulfide) groups is 1. The van der Waals surface area contributed by atoms with Crippen LogP contribution in [0.3, 0.4) is 0 Å². The molecule has 1 aliphatic carbocycles. The van der Waals surface area contributed by atoms with Crippen molar-refractivity contribution < 1.29 is 23.6 Å². The molecule has 1 aromatic carbocycles. The zero-order chi connectivity index (χ0) is 34.0. The molecule has 1 unspecified atom stereocenters.